The largest absolute Gasteiger partial charge is 0.372 e. The highest BCUT2D eigenvalue weighted by Gasteiger charge is 1.91. The Labute approximate surface area is 58.5 Å². The van der Waals surface area contributed by atoms with E-state index in [2.05, 4.69) is 14.8 Å². The van der Waals surface area contributed by atoms with E-state index in [9.17, 15) is 4.79 Å². The normalized spacial score (nSPS) is 8.67. The average molecular weight is 150 g/mol. The molecule has 0 aromatic heterocycles. The zero-order valence-corrected chi connectivity index (χ0v) is 6.25. The number of urea groups is 1. The van der Waals surface area contributed by atoms with Gasteiger partial charge in [-0.15, -0.1) is 0 Å². The van der Waals surface area contributed by atoms with Gasteiger partial charge in [0.1, 0.15) is 5.94 Å². The molecule has 2 N–H and O–H groups in total. The molecule has 0 unspecified atom stereocenters. The van der Waals surface area contributed by atoms with Crippen molar-refractivity contribution in [2.75, 3.05) is 20.1 Å². The van der Waals surface area contributed by atoms with Crippen LogP contribution in [0.1, 0.15) is 0 Å². The predicted octanol–water partition coefficient (Wildman–Crippen LogP) is 0.168. The minimum atomic E-state index is -0.211. The summed E-state index contributed by atoms with van der Waals surface area (Å²) in [5.41, 5.74) is 0. The van der Waals surface area contributed by atoms with Gasteiger partial charge in [-0.05, 0) is 11.9 Å². The van der Waals surface area contributed by atoms with Gasteiger partial charge in [0.15, 0.2) is 0 Å². The van der Waals surface area contributed by atoms with Gasteiger partial charge in [-0.2, -0.15) is 0 Å². The van der Waals surface area contributed by atoms with Crippen LogP contribution in [0.5, 0.6) is 0 Å². The van der Waals surface area contributed by atoms with Crippen molar-refractivity contribution >= 4 is 18.0 Å². The number of methoxy groups -OCH3 is 1. The Kier molecular flexibility index (Phi) is 5.45. The van der Waals surface area contributed by atoms with Gasteiger partial charge in [0.25, 0.3) is 0 Å². The van der Waals surface area contributed by atoms with Crippen molar-refractivity contribution in [2.24, 2.45) is 0 Å². The van der Waals surface area contributed by atoms with E-state index in [1.54, 1.807) is 14.2 Å². The third-order valence-electron chi connectivity index (χ3n) is 0.569. The van der Waals surface area contributed by atoms with Crippen LogP contribution in [0, 0.1) is 0 Å². The summed E-state index contributed by atoms with van der Waals surface area (Å²) in [4.78, 5) is 10.4. The van der Waals surface area contributed by atoms with Crippen LogP contribution in [-0.2, 0) is 4.74 Å². The van der Waals surface area contributed by atoms with Crippen LogP contribution < -0.4 is 10.0 Å². The molecule has 0 spiro atoms. The summed E-state index contributed by atoms with van der Waals surface area (Å²) in [5.74, 6) is 0.466. The van der Waals surface area contributed by atoms with Gasteiger partial charge >= 0.3 is 6.03 Å². The molecule has 54 valence electrons. The second kappa shape index (κ2) is 5.71. The number of nitrogens with one attached hydrogen (secondary N) is 2. The van der Waals surface area contributed by atoms with Crippen LogP contribution in [-0.4, -0.2) is 26.1 Å². The molecule has 5 heteroatoms. The van der Waals surface area contributed by atoms with Crippen molar-refractivity contribution in [1.29, 1.82) is 0 Å². The maximum absolute atomic E-state index is 10.4. The number of ether oxygens (including phenoxy) is 1. The molecular weight excluding hydrogens is 140 g/mol. The first-order valence-electron chi connectivity index (χ1n) is 2.39. The quantitative estimate of drug-likeness (QED) is 0.342. The van der Waals surface area contributed by atoms with Crippen molar-refractivity contribution in [1.82, 2.24) is 10.0 Å². The van der Waals surface area contributed by atoms with Crippen LogP contribution in [0.4, 0.5) is 4.79 Å². The van der Waals surface area contributed by atoms with Gasteiger partial charge in [-0.3, -0.25) is 4.72 Å². The molecule has 9 heavy (non-hydrogen) atoms. The van der Waals surface area contributed by atoms with Gasteiger partial charge in [0.2, 0.25) is 0 Å². The Bertz CT molecular complexity index is 88.6. The first-order chi connectivity index (χ1) is 4.31. The first kappa shape index (κ1) is 8.58. The van der Waals surface area contributed by atoms with Crippen molar-refractivity contribution in [3.05, 3.63) is 0 Å². The summed E-state index contributed by atoms with van der Waals surface area (Å²) in [6.45, 7) is 0. The number of amides is 2. The van der Waals surface area contributed by atoms with E-state index in [1.165, 1.54) is 11.9 Å². The molecule has 0 saturated carbocycles. The van der Waals surface area contributed by atoms with Crippen LogP contribution in [0.2, 0.25) is 0 Å². The van der Waals surface area contributed by atoms with Crippen LogP contribution >= 0.6 is 11.9 Å². The highest BCUT2D eigenvalue weighted by molar-refractivity contribution is 7.97. The standard InChI is InChI=1S/C4H10N2O2S/c1-5-4(7)6-9-3-8-2/h3H2,1-2H3,(H2,5,6,7). The van der Waals surface area contributed by atoms with Crippen LogP contribution in [0.15, 0.2) is 0 Å². The van der Waals surface area contributed by atoms with E-state index >= 15 is 0 Å². The maximum atomic E-state index is 10.4. The third-order valence-corrected chi connectivity index (χ3v) is 1.25. The highest BCUT2D eigenvalue weighted by atomic mass is 32.2. The molecule has 4 nitrogen and oxygen atoms in total. The van der Waals surface area contributed by atoms with Gasteiger partial charge in [-0.25, -0.2) is 4.79 Å². The molecule has 0 aliphatic rings. The summed E-state index contributed by atoms with van der Waals surface area (Å²) >= 11 is 1.20. The van der Waals surface area contributed by atoms with E-state index in [0.29, 0.717) is 5.94 Å². The minimum absolute atomic E-state index is 0.211. The summed E-state index contributed by atoms with van der Waals surface area (Å²) < 4.78 is 7.13. The number of carbonyl (C=O) groups excluding carboxylic acids is 1. The monoisotopic (exact) mass is 150 g/mol. The lowest BCUT2D eigenvalue weighted by Crippen LogP contribution is -2.27. The van der Waals surface area contributed by atoms with Gasteiger partial charge in [0, 0.05) is 14.2 Å². The fourth-order valence-electron chi connectivity index (χ4n) is 0.205. The molecule has 0 bridgehead atoms. The van der Waals surface area contributed by atoms with Crippen molar-refractivity contribution in [3.8, 4) is 0 Å². The van der Waals surface area contributed by atoms with E-state index < -0.39 is 0 Å². The van der Waals surface area contributed by atoms with Gasteiger partial charge in [0.05, 0.1) is 0 Å². The molecular formula is C4H10N2O2S. The van der Waals surface area contributed by atoms with Crippen molar-refractivity contribution in [3.63, 3.8) is 0 Å². The van der Waals surface area contributed by atoms with E-state index in [1.807, 2.05) is 0 Å². The summed E-state index contributed by atoms with van der Waals surface area (Å²) in [6, 6.07) is -0.211. The predicted molar refractivity (Wildman–Crippen MR) is 37.1 cm³/mol. The summed E-state index contributed by atoms with van der Waals surface area (Å²) in [5, 5.41) is 2.40. The Balaban J connectivity index is 2.97. The molecule has 0 saturated heterocycles. The number of carbonyl (C=O) groups is 1. The average Bonchev–Trinajstić information content (AvgIpc) is 1.89. The minimum Gasteiger partial charge on any atom is -0.372 e. The Morgan fingerprint density at radius 1 is 1.78 bits per heavy atom. The van der Waals surface area contributed by atoms with Crippen molar-refractivity contribution in [2.45, 2.75) is 0 Å². The van der Waals surface area contributed by atoms with Gasteiger partial charge < -0.3 is 10.1 Å². The molecule has 2 amide bonds. The summed E-state index contributed by atoms with van der Waals surface area (Å²) in [7, 11) is 3.13. The molecule has 0 aromatic rings. The molecule has 0 aliphatic carbocycles. The Hall–Kier alpha value is -0.420. The maximum Gasteiger partial charge on any atom is 0.324 e. The molecule has 0 aromatic carbocycles. The Morgan fingerprint density at radius 2 is 2.44 bits per heavy atom. The van der Waals surface area contributed by atoms with Gasteiger partial charge in [-0.1, -0.05) is 0 Å². The van der Waals surface area contributed by atoms with E-state index in [-0.39, 0.29) is 6.03 Å². The molecule has 0 aliphatic heterocycles. The molecule has 0 radical (unpaired) electrons. The van der Waals surface area contributed by atoms with Crippen LogP contribution in [0.25, 0.3) is 0 Å². The first-order valence-corrected chi connectivity index (χ1v) is 3.38. The second-order valence-corrected chi connectivity index (χ2v) is 1.96. The molecule has 0 atom stereocenters. The lowest BCUT2D eigenvalue weighted by Gasteiger charge is -2.00. The smallest absolute Gasteiger partial charge is 0.324 e. The molecule has 0 rings (SSSR count). The molecule has 0 fully saturated rings. The zero-order chi connectivity index (χ0) is 7.11. The number of rotatable bonds is 3. The Morgan fingerprint density at radius 3 is 2.89 bits per heavy atom. The topological polar surface area (TPSA) is 50.4 Å². The SMILES string of the molecule is CNC(=O)NSCOC. The second-order valence-electron chi connectivity index (χ2n) is 1.23. The third kappa shape index (κ3) is 5.45. The van der Waals surface area contributed by atoms with E-state index in [0.717, 1.165) is 0 Å². The highest BCUT2D eigenvalue weighted by Crippen LogP contribution is 1.89. The number of hydrogen-bond donors (Lipinski definition) is 2. The fraction of sp³-hybridized carbons (Fsp3) is 0.750. The van der Waals surface area contributed by atoms with Crippen molar-refractivity contribution < 1.29 is 9.53 Å². The van der Waals surface area contributed by atoms with Crippen LogP contribution in [0.3, 0.4) is 0 Å². The lowest BCUT2D eigenvalue weighted by atomic mass is 11.0. The zero-order valence-electron chi connectivity index (χ0n) is 5.43. The lowest BCUT2D eigenvalue weighted by molar-refractivity contribution is 0.246. The summed E-state index contributed by atoms with van der Waals surface area (Å²) in [6.07, 6.45) is 0. The fourth-order valence-corrected chi connectivity index (χ4v) is 0.615. The molecule has 0 heterocycles. The van der Waals surface area contributed by atoms with E-state index in [4.69, 9.17) is 0 Å². The number of hydrogen-bond acceptors (Lipinski definition) is 3.